The fraction of sp³-hybridized carbons (Fsp3) is 0.406. The molecule has 1 amide bonds. The molecule has 2 aliphatic carbocycles. The molecule has 0 unspecified atom stereocenters. The predicted molar refractivity (Wildman–Crippen MR) is 155 cm³/mol. The lowest BCUT2D eigenvalue weighted by molar-refractivity contribution is -0.140. The summed E-state index contributed by atoms with van der Waals surface area (Å²) in [6.45, 7) is 2.63. The number of Topliss-reactive ketones (excluding diaryl/α,β-unsaturated/α-hetero) is 2. The minimum Gasteiger partial charge on any atom is -0.326 e. The molecule has 2 fully saturated rings. The molecule has 0 N–H and O–H groups in total. The van der Waals surface area contributed by atoms with Crippen LogP contribution in [0, 0.1) is 17.7 Å². The molecular weight excluding hydrogens is 533 g/mol. The third-order valence-corrected chi connectivity index (χ3v) is 9.52. The van der Waals surface area contributed by atoms with Gasteiger partial charge < -0.3 is 4.90 Å². The number of carbonyl (C=O) groups is 3. The van der Waals surface area contributed by atoms with Gasteiger partial charge in [-0.25, -0.2) is 4.39 Å². The van der Waals surface area contributed by atoms with Crippen molar-refractivity contribution in [3.63, 3.8) is 0 Å². The molecule has 4 nitrogen and oxygen atoms in total. The second-order valence-electron chi connectivity index (χ2n) is 10.8. The van der Waals surface area contributed by atoms with Crippen LogP contribution >= 0.6 is 23.4 Å². The van der Waals surface area contributed by atoms with Gasteiger partial charge in [0.25, 0.3) is 11.7 Å². The smallest absolute Gasteiger partial charge is 0.295 e. The third-order valence-electron chi connectivity index (χ3n) is 8.24. The summed E-state index contributed by atoms with van der Waals surface area (Å²) in [5.41, 5.74) is 4.53. The molecule has 3 aliphatic rings. The summed E-state index contributed by atoms with van der Waals surface area (Å²) in [4.78, 5) is 41.8. The number of halogens is 2. The molecule has 204 valence electrons. The minimum absolute atomic E-state index is 0.00465. The second kappa shape index (κ2) is 12.2. The van der Waals surface area contributed by atoms with Crippen molar-refractivity contribution in [1.29, 1.82) is 0 Å². The maximum Gasteiger partial charge on any atom is 0.295 e. The summed E-state index contributed by atoms with van der Waals surface area (Å²) in [7, 11) is 0. The lowest BCUT2D eigenvalue weighted by atomic mass is 9.76. The minimum atomic E-state index is -0.533. The number of fused-ring (bicyclic) bond motifs is 1. The second-order valence-corrected chi connectivity index (χ2v) is 12.3. The average molecular weight is 566 g/mol. The van der Waals surface area contributed by atoms with Gasteiger partial charge in [-0.1, -0.05) is 48.4 Å². The first-order chi connectivity index (χ1) is 18.8. The quantitative estimate of drug-likeness (QED) is 0.266. The van der Waals surface area contributed by atoms with Crippen molar-refractivity contribution >= 4 is 46.4 Å². The van der Waals surface area contributed by atoms with Crippen LogP contribution in [0.5, 0.6) is 0 Å². The zero-order valence-corrected chi connectivity index (χ0v) is 23.8. The number of ketones is 2. The van der Waals surface area contributed by atoms with Crippen LogP contribution in [0.1, 0.15) is 66.1 Å². The molecule has 2 aromatic carbocycles. The van der Waals surface area contributed by atoms with E-state index in [1.54, 1.807) is 28.8 Å². The Morgan fingerprint density at radius 3 is 2.46 bits per heavy atom. The molecule has 0 radical (unpaired) electrons. The van der Waals surface area contributed by atoms with Gasteiger partial charge in [-0.2, -0.15) is 0 Å². The topological polar surface area (TPSA) is 54.5 Å². The predicted octanol–water partition coefficient (Wildman–Crippen LogP) is 7.09. The van der Waals surface area contributed by atoms with Crippen LogP contribution in [0.15, 0.2) is 54.1 Å². The summed E-state index contributed by atoms with van der Waals surface area (Å²) in [5, 5.41) is 0.401. The summed E-state index contributed by atoms with van der Waals surface area (Å²) in [5.74, 6) is 0.428. The first kappa shape index (κ1) is 27.9. The van der Waals surface area contributed by atoms with Gasteiger partial charge in [0, 0.05) is 29.4 Å². The van der Waals surface area contributed by atoms with Crippen LogP contribution in [0.4, 0.5) is 4.39 Å². The van der Waals surface area contributed by atoms with Gasteiger partial charge in [0.15, 0.2) is 5.78 Å². The lowest BCUT2D eigenvalue weighted by Crippen LogP contribution is -2.34. The first-order valence-electron chi connectivity index (χ1n) is 13.8. The number of hydrogen-bond donors (Lipinski definition) is 0. The van der Waals surface area contributed by atoms with E-state index in [1.165, 1.54) is 12.1 Å². The molecule has 1 saturated carbocycles. The van der Waals surface area contributed by atoms with E-state index < -0.39 is 11.7 Å². The zero-order valence-electron chi connectivity index (χ0n) is 22.2. The van der Waals surface area contributed by atoms with Crippen LogP contribution in [0.2, 0.25) is 5.02 Å². The highest BCUT2D eigenvalue weighted by molar-refractivity contribution is 7.99. The van der Waals surface area contributed by atoms with Crippen molar-refractivity contribution in [3.05, 3.63) is 87.2 Å². The Morgan fingerprint density at radius 2 is 1.79 bits per heavy atom. The maximum atomic E-state index is 13.7. The van der Waals surface area contributed by atoms with E-state index in [1.807, 2.05) is 24.3 Å². The molecule has 1 heterocycles. The van der Waals surface area contributed by atoms with E-state index in [0.29, 0.717) is 46.5 Å². The summed E-state index contributed by atoms with van der Waals surface area (Å²) >= 11 is 8.35. The number of rotatable bonds is 7. The summed E-state index contributed by atoms with van der Waals surface area (Å²) < 4.78 is 13.2. The Labute approximate surface area is 238 Å². The van der Waals surface area contributed by atoms with E-state index in [-0.39, 0.29) is 17.5 Å². The fourth-order valence-corrected chi connectivity index (χ4v) is 7.10. The van der Waals surface area contributed by atoms with Crippen molar-refractivity contribution in [1.82, 2.24) is 4.90 Å². The number of nitrogens with zero attached hydrogens (tertiary/aromatic N) is 1. The highest BCUT2D eigenvalue weighted by Gasteiger charge is 2.32. The standard InChI is InChI=1S/C32H33ClFNO3S/c1-2-20-7-12-26(31(37)32(38)35-13-14-39-19-35)27-18-28(29(33)17-24(27)16-20)30(36)23-8-3-21(4-9-23)15-22-5-10-25(34)11-6-22/h5-7,10-12,17-18,21,23H,2-4,8-9,13-16,19H2,1H3. The van der Waals surface area contributed by atoms with Crippen molar-refractivity contribution in [2.24, 2.45) is 11.8 Å². The molecule has 5 rings (SSSR count). The van der Waals surface area contributed by atoms with E-state index in [9.17, 15) is 18.8 Å². The molecule has 2 aromatic rings. The van der Waals surface area contributed by atoms with Crippen molar-refractivity contribution < 1.29 is 18.8 Å². The summed E-state index contributed by atoms with van der Waals surface area (Å²) in [6.07, 6.45) is 9.38. The zero-order chi connectivity index (χ0) is 27.5. The number of hydrogen-bond acceptors (Lipinski definition) is 4. The van der Waals surface area contributed by atoms with Crippen LogP contribution in [0.3, 0.4) is 0 Å². The highest BCUT2D eigenvalue weighted by atomic mass is 35.5. The lowest BCUT2D eigenvalue weighted by Gasteiger charge is -2.28. The van der Waals surface area contributed by atoms with Gasteiger partial charge in [-0.3, -0.25) is 14.4 Å². The van der Waals surface area contributed by atoms with Gasteiger partial charge in [-0.15, -0.1) is 11.8 Å². The average Bonchev–Trinajstić information content (AvgIpc) is 3.43. The number of carbonyl (C=O) groups excluding carboxylic acids is 3. The van der Waals surface area contributed by atoms with Crippen molar-refractivity contribution in [3.8, 4) is 0 Å². The van der Waals surface area contributed by atoms with Crippen molar-refractivity contribution in [2.75, 3.05) is 18.2 Å². The molecule has 1 aliphatic heterocycles. The van der Waals surface area contributed by atoms with E-state index >= 15 is 0 Å². The monoisotopic (exact) mass is 565 g/mol. The third kappa shape index (κ3) is 6.22. The SMILES string of the molecule is CCC1=CC=C(C(=O)C(=O)N2CCSC2)c2cc(C(=O)C3CCC(Cc4ccc(F)cc4)CC3)c(Cl)cc2C1. The van der Waals surface area contributed by atoms with E-state index in [2.05, 4.69) is 6.92 Å². The largest absolute Gasteiger partial charge is 0.326 e. The molecule has 1 saturated heterocycles. The van der Waals surface area contributed by atoms with Crippen molar-refractivity contribution in [2.45, 2.75) is 51.9 Å². The molecule has 0 bridgehead atoms. The highest BCUT2D eigenvalue weighted by Crippen LogP contribution is 2.37. The Kier molecular flexibility index (Phi) is 8.73. The van der Waals surface area contributed by atoms with Gasteiger partial charge in [0.2, 0.25) is 0 Å². The van der Waals surface area contributed by atoms with Gasteiger partial charge in [0.05, 0.1) is 10.9 Å². The van der Waals surface area contributed by atoms with Crippen LogP contribution in [-0.4, -0.2) is 40.5 Å². The molecule has 0 aromatic heterocycles. The number of allylic oxidation sites excluding steroid dienone is 3. The molecule has 7 heteroatoms. The van der Waals surface area contributed by atoms with Gasteiger partial charge >= 0.3 is 0 Å². The Morgan fingerprint density at radius 1 is 1.05 bits per heavy atom. The number of amides is 1. The number of benzene rings is 2. The molecular formula is C32H33ClFNO3S. The fourth-order valence-electron chi connectivity index (χ4n) is 5.87. The maximum absolute atomic E-state index is 13.7. The molecule has 39 heavy (non-hydrogen) atoms. The van der Waals surface area contributed by atoms with E-state index in [4.69, 9.17) is 11.6 Å². The Bertz CT molecular complexity index is 1340. The normalized spacial score (nSPS) is 21.1. The first-order valence-corrected chi connectivity index (χ1v) is 15.3. The summed E-state index contributed by atoms with van der Waals surface area (Å²) in [6, 6.07) is 10.2. The van der Waals surface area contributed by atoms with Gasteiger partial charge in [-0.05, 0) is 91.8 Å². The van der Waals surface area contributed by atoms with E-state index in [0.717, 1.165) is 61.0 Å². The van der Waals surface area contributed by atoms with Crippen LogP contribution < -0.4 is 0 Å². The molecule has 0 atom stereocenters. The molecule has 0 spiro atoms. The van der Waals surface area contributed by atoms with Gasteiger partial charge in [0.1, 0.15) is 5.82 Å². The van der Waals surface area contributed by atoms with Crippen LogP contribution in [0.25, 0.3) is 5.57 Å². The Hall–Kier alpha value is -2.70. The Balaban J connectivity index is 1.36. The van der Waals surface area contributed by atoms with Crippen LogP contribution in [-0.2, 0) is 22.4 Å². The number of thioether (sulfide) groups is 1.